The second kappa shape index (κ2) is 7.84. The maximum absolute atomic E-state index is 13.9. The Hall–Kier alpha value is -1.53. The van der Waals surface area contributed by atoms with E-state index in [1.54, 1.807) is 6.07 Å². The smallest absolute Gasteiger partial charge is 0.234 e. The van der Waals surface area contributed by atoms with E-state index in [1.165, 1.54) is 6.07 Å². The van der Waals surface area contributed by atoms with Crippen LogP contribution in [0, 0.1) is 11.6 Å². The molecular formula is C17H25F2N3O. The Morgan fingerprint density at radius 3 is 2.43 bits per heavy atom. The van der Waals surface area contributed by atoms with E-state index in [0.717, 1.165) is 32.2 Å². The molecule has 1 N–H and O–H groups in total. The third-order valence-electron chi connectivity index (χ3n) is 4.20. The van der Waals surface area contributed by atoms with Gasteiger partial charge in [0.15, 0.2) is 11.6 Å². The largest absolute Gasteiger partial charge is 0.353 e. The summed E-state index contributed by atoms with van der Waals surface area (Å²) in [4.78, 5) is 16.0. The number of benzene rings is 1. The van der Waals surface area contributed by atoms with Crippen molar-refractivity contribution in [2.45, 2.75) is 32.9 Å². The standard InChI is InChI=1S/C17H25F2N3O/c1-12(2)20-16(23)11-21-7-9-22(10-8-21)13(3)14-5-4-6-15(18)17(14)19/h4-6,12-13H,7-11H2,1-3H3,(H,20,23). The first kappa shape index (κ1) is 17.8. The van der Waals surface area contributed by atoms with Crippen molar-refractivity contribution >= 4 is 5.91 Å². The molecule has 4 nitrogen and oxygen atoms in total. The van der Waals surface area contributed by atoms with Crippen molar-refractivity contribution in [3.05, 3.63) is 35.4 Å². The molecular weight excluding hydrogens is 300 g/mol. The molecule has 1 unspecified atom stereocenters. The second-order valence-corrected chi connectivity index (χ2v) is 6.35. The lowest BCUT2D eigenvalue weighted by Crippen LogP contribution is -2.50. The summed E-state index contributed by atoms with van der Waals surface area (Å²) in [5.41, 5.74) is 0.385. The van der Waals surface area contributed by atoms with Crippen molar-refractivity contribution < 1.29 is 13.6 Å². The van der Waals surface area contributed by atoms with Crippen LogP contribution in [0.1, 0.15) is 32.4 Å². The molecule has 1 fully saturated rings. The summed E-state index contributed by atoms with van der Waals surface area (Å²) in [5, 5.41) is 2.88. The van der Waals surface area contributed by atoms with E-state index in [0.29, 0.717) is 12.1 Å². The predicted molar refractivity (Wildman–Crippen MR) is 86.1 cm³/mol. The van der Waals surface area contributed by atoms with Crippen LogP contribution in [0.25, 0.3) is 0 Å². The number of hydrogen-bond donors (Lipinski definition) is 1. The van der Waals surface area contributed by atoms with Crippen molar-refractivity contribution in [1.29, 1.82) is 0 Å². The fourth-order valence-electron chi connectivity index (χ4n) is 2.92. The van der Waals surface area contributed by atoms with Crippen molar-refractivity contribution in [3.63, 3.8) is 0 Å². The minimum absolute atomic E-state index is 0.0256. The molecule has 1 aliphatic rings. The van der Waals surface area contributed by atoms with Crippen LogP contribution in [-0.4, -0.2) is 54.5 Å². The number of nitrogens with zero attached hydrogens (tertiary/aromatic N) is 2. The van der Waals surface area contributed by atoms with Crippen LogP contribution in [0.5, 0.6) is 0 Å². The van der Waals surface area contributed by atoms with E-state index in [2.05, 4.69) is 15.1 Å². The second-order valence-electron chi connectivity index (χ2n) is 6.35. The van der Waals surface area contributed by atoms with Gasteiger partial charge in [0.05, 0.1) is 6.54 Å². The van der Waals surface area contributed by atoms with Gasteiger partial charge >= 0.3 is 0 Å². The Balaban J connectivity index is 1.89. The number of hydrogen-bond acceptors (Lipinski definition) is 3. The lowest BCUT2D eigenvalue weighted by Gasteiger charge is -2.38. The monoisotopic (exact) mass is 325 g/mol. The predicted octanol–water partition coefficient (Wildman–Crippen LogP) is 2.17. The van der Waals surface area contributed by atoms with E-state index in [1.807, 2.05) is 20.8 Å². The quantitative estimate of drug-likeness (QED) is 0.901. The molecule has 0 bridgehead atoms. The lowest BCUT2D eigenvalue weighted by molar-refractivity contribution is -0.123. The van der Waals surface area contributed by atoms with Crippen molar-refractivity contribution in [3.8, 4) is 0 Å². The first-order chi connectivity index (χ1) is 10.9. The zero-order chi connectivity index (χ0) is 17.0. The average Bonchev–Trinajstić information content (AvgIpc) is 2.49. The summed E-state index contributed by atoms with van der Waals surface area (Å²) in [6, 6.07) is 4.26. The molecule has 6 heteroatoms. The third-order valence-corrected chi connectivity index (χ3v) is 4.20. The molecule has 2 rings (SSSR count). The molecule has 1 aliphatic heterocycles. The number of carbonyl (C=O) groups is 1. The van der Waals surface area contributed by atoms with Gasteiger partial charge in [0.2, 0.25) is 5.91 Å². The fraction of sp³-hybridized carbons (Fsp3) is 0.588. The highest BCUT2D eigenvalue weighted by Gasteiger charge is 2.25. The van der Waals surface area contributed by atoms with Gasteiger partial charge in [-0.1, -0.05) is 12.1 Å². The van der Waals surface area contributed by atoms with Gasteiger partial charge in [-0.15, -0.1) is 0 Å². The Bertz CT molecular complexity index is 543. The van der Waals surface area contributed by atoms with Crippen molar-refractivity contribution in [1.82, 2.24) is 15.1 Å². The average molecular weight is 325 g/mol. The number of rotatable bonds is 5. The van der Waals surface area contributed by atoms with Crippen LogP contribution < -0.4 is 5.32 Å². The van der Waals surface area contributed by atoms with Crippen molar-refractivity contribution in [2.24, 2.45) is 0 Å². The third kappa shape index (κ3) is 4.72. The summed E-state index contributed by atoms with van der Waals surface area (Å²) in [7, 11) is 0. The zero-order valence-corrected chi connectivity index (χ0v) is 14.0. The number of nitrogens with one attached hydrogen (secondary N) is 1. The van der Waals surface area contributed by atoms with Gasteiger partial charge < -0.3 is 5.32 Å². The summed E-state index contributed by atoms with van der Waals surface area (Å²) in [5.74, 6) is -1.55. The molecule has 0 aromatic heterocycles. The highest BCUT2D eigenvalue weighted by Crippen LogP contribution is 2.25. The van der Waals surface area contributed by atoms with E-state index in [4.69, 9.17) is 0 Å². The van der Waals surface area contributed by atoms with E-state index >= 15 is 0 Å². The summed E-state index contributed by atoms with van der Waals surface area (Å²) in [6.45, 7) is 9.08. The van der Waals surface area contributed by atoms with Crippen LogP contribution in [0.15, 0.2) is 18.2 Å². The molecule has 1 saturated heterocycles. The maximum Gasteiger partial charge on any atom is 0.234 e. The number of halogens is 2. The molecule has 0 radical (unpaired) electrons. The van der Waals surface area contributed by atoms with Crippen LogP contribution in [-0.2, 0) is 4.79 Å². The fourth-order valence-corrected chi connectivity index (χ4v) is 2.92. The van der Waals surface area contributed by atoms with Gasteiger partial charge in [0.25, 0.3) is 0 Å². The highest BCUT2D eigenvalue weighted by atomic mass is 19.2. The molecule has 1 aromatic carbocycles. The van der Waals surface area contributed by atoms with Crippen LogP contribution in [0.3, 0.4) is 0 Å². The first-order valence-electron chi connectivity index (χ1n) is 8.08. The Labute approximate surface area is 136 Å². The van der Waals surface area contributed by atoms with E-state index in [-0.39, 0.29) is 18.0 Å². The molecule has 0 spiro atoms. The lowest BCUT2D eigenvalue weighted by atomic mass is 10.1. The summed E-state index contributed by atoms with van der Waals surface area (Å²) < 4.78 is 27.3. The maximum atomic E-state index is 13.9. The van der Waals surface area contributed by atoms with E-state index in [9.17, 15) is 13.6 Å². The normalized spacial score (nSPS) is 18.2. The van der Waals surface area contributed by atoms with Crippen molar-refractivity contribution in [2.75, 3.05) is 32.7 Å². The molecule has 1 aromatic rings. The minimum Gasteiger partial charge on any atom is -0.353 e. The topological polar surface area (TPSA) is 35.6 Å². The molecule has 0 saturated carbocycles. The molecule has 128 valence electrons. The van der Waals surface area contributed by atoms with Gasteiger partial charge in [-0.3, -0.25) is 14.6 Å². The molecule has 1 atom stereocenters. The SMILES string of the molecule is CC(C)NC(=O)CN1CCN(C(C)c2cccc(F)c2F)CC1. The first-order valence-corrected chi connectivity index (χ1v) is 8.08. The molecule has 0 aliphatic carbocycles. The molecule has 1 amide bonds. The van der Waals surface area contributed by atoms with Crippen LogP contribution >= 0.6 is 0 Å². The van der Waals surface area contributed by atoms with Gasteiger partial charge in [0.1, 0.15) is 0 Å². The van der Waals surface area contributed by atoms with E-state index < -0.39 is 11.6 Å². The molecule has 1 heterocycles. The minimum atomic E-state index is -0.807. The Morgan fingerprint density at radius 2 is 1.83 bits per heavy atom. The summed E-state index contributed by atoms with van der Waals surface area (Å²) >= 11 is 0. The Morgan fingerprint density at radius 1 is 1.17 bits per heavy atom. The zero-order valence-electron chi connectivity index (χ0n) is 14.0. The number of carbonyl (C=O) groups excluding carboxylic acids is 1. The Kier molecular flexibility index (Phi) is 6.07. The van der Waals surface area contributed by atoms with Gasteiger partial charge in [-0.2, -0.15) is 0 Å². The van der Waals surface area contributed by atoms with Gasteiger partial charge in [-0.25, -0.2) is 8.78 Å². The number of amides is 1. The van der Waals surface area contributed by atoms with Gasteiger partial charge in [0, 0.05) is 43.8 Å². The van der Waals surface area contributed by atoms with Crippen LogP contribution in [0.4, 0.5) is 8.78 Å². The highest BCUT2D eigenvalue weighted by molar-refractivity contribution is 5.78. The molecule has 23 heavy (non-hydrogen) atoms. The number of piperazine rings is 1. The summed E-state index contributed by atoms with van der Waals surface area (Å²) in [6.07, 6.45) is 0. The van der Waals surface area contributed by atoms with Gasteiger partial charge in [-0.05, 0) is 26.8 Å². The van der Waals surface area contributed by atoms with Crippen LogP contribution in [0.2, 0.25) is 0 Å².